The summed E-state index contributed by atoms with van der Waals surface area (Å²) in [4.78, 5) is 55.0. The van der Waals surface area contributed by atoms with E-state index in [0.29, 0.717) is 11.1 Å². The third-order valence-corrected chi connectivity index (χ3v) is 7.33. The SMILES string of the molecule is Cc1ccc(C(=O)Nc2c(NC(=O)CN3CCSCC3)ccc3c2C(=O)c2ccccc2C3=O)cc1. The Hall–Kier alpha value is -3.75. The molecular weight excluding hydrogens is 474 g/mol. The van der Waals surface area contributed by atoms with Gasteiger partial charge < -0.3 is 10.6 Å². The summed E-state index contributed by atoms with van der Waals surface area (Å²) in [6, 6.07) is 16.8. The Morgan fingerprint density at radius 3 is 2.19 bits per heavy atom. The summed E-state index contributed by atoms with van der Waals surface area (Å²) < 4.78 is 0. The van der Waals surface area contributed by atoms with Gasteiger partial charge >= 0.3 is 0 Å². The normalized spacial score (nSPS) is 15.1. The maximum atomic E-state index is 13.6. The van der Waals surface area contributed by atoms with Crippen LogP contribution in [0.1, 0.15) is 47.8 Å². The number of carbonyl (C=O) groups is 4. The minimum Gasteiger partial charge on any atom is -0.323 e. The van der Waals surface area contributed by atoms with Gasteiger partial charge in [-0.2, -0.15) is 11.8 Å². The number of benzene rings is 3. The number of anilines is 2. The molecule has 5 rings (SSSR count). The first-order valence-corrected chi connectivity index (χ1v) is 12.9. The van der Waals surface area contributed by atoms with Crippen molar-refractivity contribution in [3.8, 4) is 0 Å². The van der Waals surface area contributed by atoms with Gasteiger partial charge in [-0.1, -0.05) is 42.0 Å². The monoisotopic (exact) mass is 499 g/mol. The number of amides is 2. The van der Waals surface area contributed by atoms with E-state index in [0.717, 1.165) is 30.2 Å². The van der Waals surface area contributed by atoms with Crippen molar-refractivity contribution in [1.82, 2.24) is 4.90 Å². The molecule has 1 heterocycles. The molecule has 1 aliphatic heterocycles. The Morgan fingerprint density at radius 2 is 1.50 bits per heavy atom. The molecule has 1 aliphatic carbocycles. The smallest absolute Gasteiger partial charge is 0.255 e. The maximum absolute atomic E-state index is 13.6. The highest BCUT2D eigenvalue weighted by molar-refractivity contribution is 7.99. The van der Waals surface area contributed by atoms with Gasteiger partial charge in [-0.25, -0.2) is 0 Å². The molecule has 36 heavy (non-hydrogen) atoms. The second kappa shape index (κ2) is 10.1. The van der Waals surface area contributed by atoms with Crippen molar-refractivity contribution in [3.05, 3.63) is 94.0 Å². The molecule has 0 bridgehead atoms. The fourth-order valence-corrected chi connectivity index (χ4v) is 5.44. The van der Waals surface area contributed by atoms with Crippen molar-refractivity contribution in [1.29, 1.82) is 0 Å². The second-order valence-corrected chi connectivity index (χ2v) is 10.1. The third kappa shape index (κ3) is 4.69. The van der Waals surface area contributed by atoms with Gasteiger partial charge in [0, 0.05) is 46.8 Å². The van der Waals surface area contributed by atoms with Crippen molar-refractivity contribution in [2.45, 2.75) is 6.92 Å². The number of ketones is 2. The lowest BCUT2D eigenvalue weighted by molar-refractivity contribution is -0.117. The van der Waals surface area contributed by atoms with Crippen LogP contribution in [-0.4, -0.2) is 59.4 Å². The highest BCUT2D eigenvalue weighted by atomic mass is 32.2. The summed E-state index contributed by atoms with van der Waals surface area (Å²) in [6.07, 6.45) is 0. The standard InChI is InChI=1S/C28H25N3O4S/c1-17-6-8-18(9-7-17)28(35)30-25-22(29-23(32)16-31-12-14-36-15-13-31)11-10-21-24(25)27(34)20-5-3-2-4-19(20)26(21)33/h2-11H,12-16H2,1H3,(H,29,32)(H,30,35). The van der Waals surface area contributed by atoms with Crippen LogP contribution in [0.2, 0.25) is 0 Å². The number of rotatable bonds is 5. The summed E-state index contributed by atoms with van der Waals surface area (Å²) in [5, 5.41) is 5.69. The zero-order chi connectivity index (χ0) is 25.2. The largest absolute Gasteiger partial charge is 0.323 e. The molecule has 2 aliphatic rings. The molecule has 0 unspecified atom stereocenters. The number of nitrogens with zero attached hydrogens (tertiary/aromatic N) is 1. The van der Waals surface area contributed by atoms with Crippen LogP contribution in [0.5, 0.6) is 0 Å². The zero-order valence-electron chi connectivity index (χ0n) is 19.8. The van der Waals surface area contributed by atoms with Gasteiger partial charge in [0.25, 0.3) is 5.91 Å². The Bertz CT molecular complexity index is 1380. The van der Waals surface area contributed by atoms with Crippen LogP contribution >= 0.6 is 11.8 Å². The molecule has 2 N–H and O–H groups in total. The van der Waals surface area contributed by atoms with Crippen LogP contribution in [0.15, 0.2) is 60.7 Å². The molecule has 1 saturated heterocycles. The zero-order valence-corrected chi connectivity index (χ0v) is 20.6. The average Bonchev–Trinajstić information content (AvgIpc) is 2.89. The number of thioether (sulfide) groups is 1. The van der Waals surface area contributed by atoms with Crippen molar-refractivity contribution >= 4 is 46.5 Å². The highest BCUT2D eigenvalue weighted by Gasteiger charge is 2.33. The predicted octanol–water partition coefficient (Wildman–Crippen LogP) is 4.01. The Balaban J connectivity index is 1.53. The van der Waals surface area contributed by atoms with Gasteiger partial charge in [0.2, 0.25) is 5.91 Å². The molecule has 3 aromatic rings. The molecule has 0 aromatic heterocycles. The maximum Gasteiger partial charge on any atom is 0.255 e. The first kappa shape index (κ1) is 24.0. The number of hydrogen-bond acceptors (Lipinski definition) is 6. The molecule has 0 saturated carbocycles. The molecule has 8 heteroatoms. The lowest BCUT2D eigenvalue weighted by atomic mass is 9.82. The van der Waals surface area contributed by atoms with E-state index in [-0.39, 0.29) is 52.1 Å². The van der Waals surface area contributed by atoms with E-state index in [1.54, 1.807) is 48.5 Å². The number of aryl methyl sites for hydroxylation is 1. The first-order valence-electron chi connectivity index (χ1n) is 11.8. The van der Waals surface area contributed by atoms with Crippen LogP contribution < -0.4 is 10.6 Å². The topological polar surface area (TPSA) is 95.6 Å². The third-order valence-electron chi connectivity index (χ3n) is 6.39. The van der Waals surface area contributed by atoms with E-state index >= 15 is 0 Å². The average molecular weight is 500 g/mol. The van der Waals surface area contributed by atoms with Gasteiger partial charge in [-0.15, -0.1) is 0 Å². The molecule has 1 fully saturated rings. The number of hydrogen-bond donors (Lipinski definition) is 2. The van der Waals surface area contributed by atoms with Gasteiger partial charge in [0.15, 0.2) is 11.6 Å². The number of carbonyl (C=O) groups excluding carboxylic acids is 4. The van der Waals surface area contributed by atoms with E-state index in [9.17, 15) is 19.2 Å². The Kier molecular flexibility index (Phi) is 6.71. The van der Waals surface area contributed by atoms with Crippen LogP contribution in [0.3, 0.4) is 0 Å². The first-order chi connectivity index (χ1) is 17.4. The highest BCUT2D eigenvalue weighted by Crippen LogP contribution is 2.37. The van der Waals surface area contributed by atoms with Crippen LogP contribution in [0.4, 0.5) is 11.4 Å². The Labute approximate surface area is 213 Å². The summed E-state index contributed by atoms with van der Waals surface area (Å²) in [5.74, 6) is 0.590. The Morgan fingerprint density at radius 1 is 0.833 bits per heavy atom. The van der Waals surface area contributed by atoms with Gasteiger partial charge in [-0.05, 0) is 31.2 Å². The summed E-state index contributed by atoms with van der Waals surface area (Å²) in [6.45, 7) is 3.77. The van der Waals surface area contributed by atoms with E-state index in [4.69, 9.17) is 0 Å². The van der Waals surface area contributed by atoms with Crippen molar-refractivity contribution in [3.63, 3.8) is 0 Å². The van der Waals surface area contributed by atoms with Crippen LogP contribution in [0, 0.1) is 6.92 Å². The molecule has 182 valence electrons. The molecule has 7 nitrogen and oxygen atoms in total. The molecule has 2 amide bonds. The second-order valence-electron chi connectivity index (χ2n) is 8.87. The minimum atomic E-state index is -0.439. The van der Waals surface area contributed by atoms with E-state index in [1.807, 2.05) is 30.8 Å². The van der Waals surface area contributed by atoms with Crippen LogP contribution in [-0.2, 0) is 4.79 Å². The fourth-order valence-electron chi connectivity index (χ4n) is 4.46. The minimum absolute atomic E-state index is 0.0892. The van der Waals surface area contributed by atoms with Crippen LogP contribution in [0.25, 0.3) is 0 Å². The fraction of sp³-hybridized carbons (Fsp3) is 0.214. The molecule has 0 atom stereocenters. The number of nitrogens with one attached hydrogen (secondary N) is 2. The predicted molar refractivity (Wildman–Crippen MR) is 141 cm³/mol. The number of fused-ring (bicyclic) bond motifs is 2. The quantitative estimate of drug-likeness (QED) is 0.431. The lowest BCUT2D eigenvalue weighted by Crippen LogP contribution is -2.39. The van der Waals surface area contributed by atoms with Crippen molar-refractivity contribution < 1.29 is 19.2 Å². The van der Waals surface area contributed by atoms with Gasteiger partial charge in [0.05, 0.1) is 23.5 Å². The molecule has 0 radical (unpaired) electrons. The van der Waals surface area contributed by atoms with E-state index in [1.165, 1.54) is 0 Å². The van der Waals surface area contributed by atoms with Crippen molar-refractivity contribution in [2.75, 3.05) is 41.8 Å². The lowest BCUT2D eigenvalue weighted by Gasteiger charge is -2.26. The molecule has 0 spiro atoms. The van der Waals surface area contributed by atoms with Gasteiger partial charge in [0.1, 0.15) is 0 Å². The molecule has 3 aromatic carbocycles. The van der Waals surface area contributed by atoms with E-state index in [2.05, 4.69) is 15.5 Å². The summed E-state index contributed by atoms with van der Waals surface area (Å²) >= 11 is 1.86. The van der Waals surface area contributed by atoms with Gasteiger partial charge in [-0.3, -0.25) is 24.1 Å². The van der Waals surface area contributed by atoms with E-state index < -0.39 is 5.91 Å². The van der Waals surface area contributed by atoms with Crippen molar-refractivity contribution in [2.24, 2.45) is 0 Å². The summed E-state index contributed by atoms with van der Waals surface area (Å²) in [7, 11) is 0. The summed E-state index contributed by atoms with van der Waals surface area (Å²) in [5.41, 5.74) is 2.71. The molecular formula is C28H25N3O4S.